The van der Waals surface area contributed by atoms with E-state index >= 15 is 0 Å². The maximum Gasteiger partial charge on any atom is 0.305 e. The van der Waals surface area contributed by atoms with Gasteiger partial charge < -0.3 is 9.47 Å². The van der Waals surface area contributed by atoms with Crippen LogP contribution in [0.5, 0.6) is 5.75 Å². The van der Waals surface area contributed by atoms with E-state index in [0.717, 1.165) is 36.2 Å². The van der Waals surface area contributed by atoms with Gasteiger partial charge in [-0.25, -0.2) is 0 Å². The lowest BCUT2D eigenvalue weighted by molar-refractivity contribution is -0.140. The average Bonchev–Trinajstić information content (AvgIpc) is 2.96. The number of carbonyl (C=O) groups excluding carboxylic acids is 2. The number of rotatable bonds is 9. The molecule has 0 aliphatic heterocycles. The largest absolute Gasteiger partial charge is 0.489 e. The predicted molar refractivity (Wildman–Crippen MR) is 92.8 cm³/mol. The third-order valence-corrected chi connectivity index (χ3v) is 4.04. The number of esters is 1. The number of para-hydroxylation sites is 1. The van der Waals surface area contributed by atoms with Crippen LogP contribution in [0.2, 0.25) is 0 Å². The van der Waals surface area contributed by atoms with Gasteiger partial charge in [0.05, 0.1) is 7.11 Å². The standard InChI is InChI=1S/C20H24O4/c1-23-20(22)12-8-3-2-7-11-18-16(13-14-19(18)21)15-24-17-9-5-4-6-10-17/h2,4-7,9-10H,3,8,11-15H2,1H3. The lowest BCUT2D eigenvalue weighted by Crippen LogP contribution is -2.02. The molecule has 1 aliphatic carbocycles. The molecule has 0 heterocycles. The molecule has 0 aromatic heterocycles. The highest BCUT2D eigenvalue weighted by atomic mass is 16.5. The van der Waals surface area contributed by atoms with E-state index < -0.39 is 0 Å². The Kier molecular flexibility index (Phi) is 7.27. The summed E-state index contributed by atoms with van der Waals surface area (Å²) >= 11 is 0. The summed E-state index contributed by atoms with van der Waals surface area (Å²) in [6.45, 7) is 0.473. The number of allylic oxidation sites excluding steroid dienone is 3. The molecule has 4 nitrogen and oxygen atoms in total. The summed E-state index contributed by atoms with van der Waals surface area (Å²) in [7, 11) is 1.40. The molecule has 1 aromatic rings. The zero-order valence-corrected chi connectivity index (χ0v) is 14.1. The Hall–Kier alpha value is -2.36. The van der Waals surface area contributed by atoms with Crippen molar-refractivity contribution >= 4 is 11.8 Å². The van der Waals surface area contributed by atoms with E-state index in [2.05, 4.69) is 4.74 Å². The Morgan fingerprint density at radius 2 is 1.96 bits per heavy atom. The van der Waals surface area contributed by atoms with Gasteiger partial charge in [-0.3, -0.25) is 9.59 Å². The normalized spacial score (nSPS) is 14.5. The maximum atomic E-state index is 12.0. The summed E-state index contributed by atoms with van der Waals surface area (Å²) in [5, 5.41) is 0. The van der Waals surface area contributed by atoms with Crippen LogP contribution in [0.3, 0.4) is 0 Å². The quantitative estimate of drug-likeness (QED) is 0.390. The van der Waals surface area contributed by atoms with Crippen molar-refractivity contribution in [3.05, 3.63) is 53.6 Å². The van der Waals surface area contributed by atoms with Crippen LogP contribution in [0.15, 0.2) is 53.6 Å². The van der Waals surface area contributed by atoms with E-state index in [1.165, 1.54) is 7.11 Å². The highest BCUT2D eigenvalue weighted by Crippen LogP contribution is 2.26. The van der Waals surface area contributed by atoms with Gasteiger partial charge in [-0.1, -0.05) is 30.4 Å². The summed E-state index contributed by atoms with van der Waals surface area (Å²) in [6.07, 6.45) is 8.06. The van der Waals surface area contributed by atoms with E-state index in [1.54, 1.807) is 0 Å². The topological polar surface area (TPSA) is 52.6 Å². The number of ether oxygens (including phenoxy) is 2. The second-order valence-corrected chi connectivity index (χ2v) is 5.75. The molecule has 24 heavy (non-hydrogen) atoms. The first-order valence-electron chi connectivity index (χ1n) is 8.34. The van der Waals surface area contributed by atoms with E-state index in [9.17, 15) is 9.59 Å². The molecule has 1 aliphatic rings. The van der Waals surface area contributed by atoms with Crippen LogP contribution in [0, 0.1) is 0 Å². The van der Waals surface area contributed by atoms with Crippen molar-refractivity contribution < 1.29 is 19.1 Å². The van der Waals surface area contributed by atoms with E-state index in [-0.39, 0.29) is 11.8 Å². The Morgan fingerprint density at radius 3 is 2.71 bits per heavy atom. The van der Waals surface area contributed by atoms with E-state index in [1.807, 2.05) is 42.5 Å². The van der Waals surface area contributed by atoms with Gasteiger partial charge in [0, 0.05) is 18.4 Å². The van der Waals surface area contributed by atoms with Crippen molar-refractivity contribution in [1.82, 2.24) is 0 Å². The van der Waals surface area contributed by atoms with Crippen molar-refractivity contribution in [2.75, 3.05) is 13.7 Å². The molecule has 0 saturated heterocycles. The lowest BCUT2D eigenvalue weighted by Gasteiger charge is -2.08. The second kappa shape index (κ2) is 9.71. The van der Waals surface area contributed by atoms with E-state index in [0.29, 0.717) is 25.9 Å². The Bertz CT molecular complexity index is 614. The van der Waals surface area contributed by atoms with Crippen molar-refractivity contribution in [2.45, 2.75) is 38.5 Å². The Balaban J connectivity index is 1.81. The number of hydrogen-bond acceptors (Lipinski definition) is 4. The molecular formula is C20H24O4. The molecule has 2 rings (SSSR count). The number of benzene rings is 1. The number of methoxy groups -OCH3 is 1. The monoisotopic (exact) mass is 328 g/mol. The minimum absolute atomic E-state index is 0.183. The Morgan fingerprint density at radius 1 is 1.17 bits per heavy atom. The molecule has 0 N–H and O–H groups in total. The predicted octanol–water partition coefficient (Wildman–Crippen LogP) is 4.01. The maximum absolute atomic E-state index is 12.0. The SMILES string of the molecule is COC(=O)CCCC=CCC1=C(COc2ccccc2)CCC1=O. The second-order valence-electron chi connectivity index (χ2n) is 5.75. The molecule has 0 bridgehead atoms. The van der Waals surface area contributed by atoms with E-state index in [4.69, 9.17) is 4.74 Å². The number of ketones is 1. The fourth-order valence-electron chi connectivity index (χ4n) is 2.65. The molecule has 0 atom stereocenters. The molecule has 4 heteroatoms. The van der Waals surface area contributed by atoms with Gasteiger partial charge in [0.15, 0.2) is 5.78 Å². The van der Waals surface area contributed by atoms with Gasteiger partial charge in [0.25, 0.3) is 0 Å². The van der Waals surface area contributed by atoms with Crippen LogP contribution in [0.25, 0.3) is 0 Å². The van der Waals surface area contributed by atoms with Gasteiger partial charge in [-0.2, -0.15) is 0 Å². The molecule has 128 valence electrons. The van der Waals surface area contributed by atoms with Crippen molar-refractivity contribution in [1.29, 1.82) is 0 Å². The zero-order chi connectivity index (χ0) is 17.2. The van der Waals surface area contributed by atoms with Gasteiger partial charge in [-0.15, -0.1) is 0 Å². The van der Waals surface area contributed by atoms with Crippen molar-refractivity contribution in [3.63, 3.8) is 0 Å². The van der Waals surface area contributed by atoms with Crippen molar-refractivity contribution in [2.24, 2.45) is 0 Å². The van der Waals surface area contributed by atoms with Gasteiger partial charge >= 0.3 is 5.97 Å². The highest BCUT2D eigenvalue weighted by Gasteiger charge is 2.22. The first kappa shape index (κ1) is 18.0. The van der Waals surface area contributed by atoms with Crippen molar-refractivity contribution in [3.8, 4) is 5.75 Å². The minimum Gasteiger partial charge on any atom is -0.489 e. The first-order chi connectivity index (χ1) is 11.7. The molecule has 0 radical (unpaired) electrons. The smallest absolute Gasteiger partial charge is 0.305 e. The van der Waals surface area contributed by atoms with Gasteiger partial charge in [-0.05, 0) is 43.4 Å². The molecule has 0 spiro atoms. The average molecular weight is 328 g/mol. The summed E-state index contributed by atoms with van der Waals surface area (Å²) in [5.41, 5.74) is 1.98. The summed E-state index contributed by atoms with van der Waals surface area (Å²) in [5.74, 6) is 0.861. The van der Waals surface area contributed by atoms with Crippen LogP contribution in [-0.2, 0) is 14.3 Å². The number of carbonyl (C=O) groups is 2. The van der Waals surface area contributed by atoms with Gasteiger partial charge in [0.2, 0.25) is 0 Å². The first-order valence-corrected chi connectivity index (χ1v) is 8.34. The van der Waals surface area contributed by atoms with Crippen LogP contribution in [0.4, 0.5) is 0 Å². The summed E-state index contributed by atoms with van der Waals surface area (Å²) < 4.78 is 10.4. The zero-order valence-electron chi connectivity index (χ0n) is 14.1. The molecule has 0 unspecified atom stereocenters. The van der Waals surface area contributed by atoms with Crippen LogP contribution >= 0.6 is 0 Å². The van der Waals surface area contributed by atoms with Crippen LogP contribution in [-0.4, -0.2) is 25.5 Å². The van der Waals surface area contributed by atoms with Crippen LogP contribution < -0.4 is 4.74 Å². The fourth-order valence-corrected chi connectivity index (χ4v) is 2.65. The number of Topliss-reactive ketones (excluding diaryl/α,β-unsaturated/α-hetero) is 1. The molecule has 1 aromatic carbocycles. The molecule has 0 amide bonds. The molecular weight excluding hydrogens is 304 g/mol. The summed E-state index contributed by atoms with van der Waals surface area (Å²) in [4.78, 5) is 23.1. The molecule has 0 saturated carbocycles. The number of unbranched alkanes of at least 4 members (excludes halogenated alkanes) is 1. The van der Waals surface area contributed by atoms with Gasteiger partial charge in [0.1, 0.15) is 12.4 Å². The van der Waals surface area contributed by atoms with Crippen LogP contribution in [0.1, 0.15) is 38.5 Å². The molecule has 0 fully saturated rings. The fraction of sp³-hybridized carbons (Fsp3) is 0.400. The summed E-state index contributed by atoms with van der Waals surface area (Å²) in [6, 6.07) is 9.64. The third-order valence-electron chi connectivity index (χ3n) is 4.04. The highest BCUT2D eigenvalue weighted by molar-refractivity contribution is 5.99. The lowest BCUT2D eigenvalue weighted by atomic mass is 10.1. The third kappa shape index (κ3) is 5.69. The minimum atomic E-state index is -0.183. The Labute approximate surface area is 143 Å². The number of hydrogen-bond donors (Lipinski definition) is 0.